The first-order chi connectivity index (χ1) is 7.57. The highest BCUT2D eigenvalue weighted by Gasteiger charge is 2.18. The zero-order chi connectivity index (χ0) is 12.0. The summed E-state index contributed by atoms with van der Waals surface area (Å²) in [6, 6.07) is 9.75. The van der Waals surface area contributed by atoms with Crippen molar-refractivity contribution in [1.82, 2.24) is 0 Å². The number of nitriles is 1. The molecular weight excluding hydrogens is 222 g/mol. The van der Waals surface area contributed by atoms with Gasteiger partial charge in [0.1, 0.15) is 11.4 Å². The molecule has 86 valence electrons. The second kappa shape index (κ2) is 5.77. The Morgan fingerprint density at radius 3 is 2.81 bits per heavy atom. The summed E-state index contributed by atoms with van der Waals surface area (Å²) < 4.78 is 5.84. The van der Waals surface area contributed by atoms with Crippen molar-refractivity contribution in [2.75, 3.05) is 5.88 Å². The molecule has 0 aromatic heterocycles. The lowest BCUT2D eigenvalue weighted by molar-refractivity contribution is 0.106. The van der Waals surface area contributed by atoms with Crippen LogP contribution in [0.1, 0.15) is 25.8 Å². The van der Waals surface area contributed by atoms with E-state index in [2.05, 4.69) is 6.07 Å². The van der Waals surface area contributed by atoms with E-state index in [9.17, 15) is 0 Å². The van der Waals surface area contributed by atoms with Crippen LogP contribution < -0.4 is 4.74 Å². The van der Waals surface area contributed by atoms with Crippen molar-refractivity contribution >= 4 is 11.6 Å². The molecule has 2 nitrogen and oxygen atoms in total. The van der Waals surface area contributed by atoms with Gasteiger partial charge in [-0.2, -0.15) is 5.26 Å². The predicted molar refractivity (Wildman–Crippen MR) is 65.8 cm³/mol. The molecule has 1 aromatic carbocycles. The first-order valence-electron chi connectivity index (χ1n) is 5.28. The summed E-state index contributed by atoms with van der Waals surface area (Å²) in [5, 5.41) is 8.62. The average Bonchev–Trinajstić information content (AvgIpc) is 2.17. The van der Waals surface area contributed by atoms with E-state index < -0.39 is 0 Å². The van der Waals surface area contributed by atoms with E-state index in [1.54, 1.807) is 0 Å². The van der Waals surface area contributed by atoms with Crippen LogP contribution in [0.15, 0.2) is 24.3 Å². The van der Waals surface area contributed by atoms with E-state index >= 15 is 0 Å². The topological polar surface area (TPSA) is 33.0 Å². The average molecular weight is 238 g/mol. The highest BCUT2D eigenvalue weighted by atomic mass is 35.5. The molecular formula is C13H16ClNO. The zero-order valence-corrected chi connectivity index (χ0v) is 10.4. The first kappa shape index (κ1) is 12.9. The highest BCUT2D eigenvalue weighted by Crippen LogP contribution is 2.22. The van der Waals surface area contributed by atoms with Crippen molar-refractivity contribution in [2.24, 2.45) is 0 Å². The number of nitrogens with zero attached hydrogens (tertiary/aromatic N) is 1. The van der Waals surface area contributed by atoms with Crippen LogP contribution in [0.3, 0.4) is 0 Å². The molecule has 0 unspecified atom stereocenters. The van der Waals surface area contributed by atoms with Crippen LogP contribution in [0.4, 0.5) is 0 Å². The first-order valence-corrected chi connectivity index (χ1v) is 5.82. The van der Waals surface area contributed by atoms with Gasteiger partial charge in [0.15, 0.2) is 0 Å². The lowest BCUT2D eigenvalue weighted by Crippen LogP contribution is -2.28. The van der Waals surface area contributed by atoms with E-state index in [4.69, 9.17) is 21.6 Å². The molecule has 0 atom stereocenters. The van der Waals surface area contributed by atoms with Gasteiger partial charge < -0.3 is 4.74 Å². The van der Waals surface area contributed by atoms with Crippen LogP contribution in [-0.2, 0) is 6.42 Å². The van der Waals surface area contributed by atoms with E-state index in [0.717, 1.165) is 17.7 Å². The molecule has 0 radical (unpaired) electrons. The molecule has 16 heavy (non-hydrogen) atoms. The van der Waals surface area contributed by atoms with E-state index in [1.807, 2.05) is 38.1 Å². The van der Waals surface area contributed by atoms with Gasteiger partial charge in [0.05, 0.1) is 12.5 Å². The van der Waals surface area contributed by atoms with Crippen molar-refractivity contribution in [3.8, 4) is 11.8 Å². The van der Waals surface area contributed by atoms with Crippen molar-refractivity contribution in [2.45, 2.75) is 32.3 Å². The molecule has 1 rings (SSSR count). The highest BCUT2D eigenvalue weighted by molar-refractivity contribution is 6.17. The van der Waals surface area contributed by atoms with Gasteiger partial charge in [0, 0.05) is 12.3 Å². The molecule has 0 fully saturated rings. The summed E-state index contributed by atoms with van der Waals surface area (Å²) in [7, 11) is 0. The normalized spacial score (nSPS) is 10.9. The summed E-state index contributed by atoms with van der Waals surface area (Å²) in [6.07, 6.45) is 1.20. The summed E-state index contributed by atoms with van der Waals surface area (Å²) in [5.41, 5.74) is 0.703. The van der Waals surface area contributed by atoms with Crippen molar-refractivity contribution in [3.63, 3.8) is 0 Å². The number of hydrogen-bond donors (Lipinski definition) is 0. The van der Waals surface area contributed by atoms with Crippen LogP contribution in [0.5, 0.6) is 5.75 Å². The summed E-state index contributed by atoms with van der Waals surface area (Å²) >= 11 is 5.71. The van der Waals surface area contributed by atoms with E-state index in [1.165, 1.54) is 0 Å². The van der Waals surface area contributed by atoms with Crippen LogP contribution in [0.25, 0.3) is 0 Å². The fourth-order valence-corrected chi connectivity index (χ4v) is 1.86. The molecule has 0 aliphatic carbocycles. The maximum atomic E-state index is 8.62. The van der Waals surface area contributed by atoms with Gasteiger partial charge in [-0.25, -0.2) is 0 Å². The molecule has 0 aliphatic rings. The zero-order valence-electron chi connectivity index (χ0n) is 9.66. The van der Waals surface area contributed by atoms with Gasteiger partial charge in [-0.15, -0.1) is 11.6 Å². The fraction of sp³-hybridized carbons (Fsp3) is 0.462. The predicted octanol–water partition coefficient (Wildman–Crippen LogP) is 3.54. The number of alkyl halides is 1. The third kappa shape index (κ3) is 4.12. The third-order valence-corrected chi connectivity index (χ3v) is 2.46. The van der Waals surface area contributed by atoms with Gasteiger partial charge in [0.2, 0.25) is 0 Å². The second-order valence-electron chi connectivity index (χ2n) is 4.28. The monoisotopic (exact) mass is 237 g/mol. The summed E-state index contributed by atoms with van der Waals surface area (Å²) in [4.78, 5) is 0. The summed E-state index contributed by atoms with van der Waals surface area (Å²) in [6.45, 7) is 4.01. The minimum Gasteiger partial charge on any atom is -0.488 e. The van der Waals surface area contributed by atoms with Gasteiger partial charge in [-0.05, 0) is 31.5 Å². The van der Waals surface area contributed by atoms with Gasteiger partial charge >= 0.3 is 0 Å². The fourth-order valence-electron chi connectivity index (χ4n) is 1.41. The standard InChI is InChI=1S/C13H16ClNO/c1-13(2,7-8-14)16-12-5-3-4-11(10-12)6-9-15/h3-5,10H,6-8H2,1-2H3. The smallest absolute Gasteiger partial charge is 0.120 e. The lowest BCUT2D eigenvalue weighted by Gasteiger charge is -2.25. The Kier molecular flexibility index (Phi) is 4.64. The number of hydrogen-bond acceptors (Lipinski definition) is 2. The second-order valence-corrected chi connectivity index (χ2v) is 4.66. The molecule has 0 saturated carbocycles. The molecule has 0 spiro atoms. The Bertz CT molecular complexity index is 382. The van der Waals surface area contributed by atoms with Crippen LogP contribution in [0.2, 0.25) is 0 Å². The van der Waals surface area contributed by atoms with Crippen molar-refractivity contribution in [1.29, 1.82) is 5.26 Å². The number of halogens is 1. The van der Waals surface area contributed by atoms with Crippen molar-refractivity contribution < 1.29 is 4.74 Å². The quantitative estimate of drug-likeness (QED) is 0.734. The molecule has 0 bridgehead atoms. The Labute approximate surface area is 102 Å². The largest absolute Gasteiger partial charge is 0.488 e. The van der Waals surface area contributed by atoms with Gasteiger partial charge in [-0.1, -0.05) is 12.1 Å². The minimum absolute atomic E-state index is 0.271. The van der Waals surface area contributed by atoms with Gasteiger partial charge in [-0.3, -0.25) is 0 Å². The Morgan fingerprint density at radius 2 is 2.19 bits per heavy atom. The lowest BCUT2D eigenvalue weighted by atomic mass is 10.1. The minimum atomic E-state index is -0.271. The number of benzene rings is 1. The molecule has 1 aromatic rings. The Morgan fingerprint density at radius 1 is 1.44 bits per heavy atom. The third-order valence-electron chi connectivity index (χ3n) is 2.27. The van der Waals surface area contributed by atoms with Gasteiger partial charge in [0.25, 0.3) is 0 Å². The van der Waals surface area contributed by atoms with E-state index in [0.29, 0.717) is 12.3 Å². The maximum absolute atomic E-state index is 8.62. The van der Waals surface area contributed by atoms with E-state index in [-0.39, 0.29) is 5.60 Å². The van der Waals surface area contributed by atoms with Crippen molar-refractivity contribution in [3.05, 3.63) is 29.8 Å². The Balaban J connectivity index is 2.74. The van der Waals surface area contributed by atoms with Crippen LogP contribution in [0, 0.1) is 11.3 Å². The maximum Gasteiger partial charge on any atom is 0.120 e. The molecule has 0 saturated heterocycles. The van der Waals surface area contributed by atoms with Crippen LogP contribution >= 0.6 is 11.6 Å². The Hall–Kier alpha value is -1.20. The summed E-state index contributed by atoms with van der Waals surface area (Å²) in [5.74, 6) is 1.37. The van der Waals surface area contributed by atoms with Crippen LogP contribution in [-0.4, -0.2) is 11.5 Å². The SMILES string of the molecule is CC(C)(CCCl)Oc1cccc(CC#N)c1. The molecule has 0 heterocycles. The number of rotatable bonds is 5. The molecule has 0 N–H and O–H groups in total. The molecule has 3 heteroatoms. The molecule has 0 amide bonds. The molecule has 0 aliphatic heterocycles. The number of ether oxygens (including phenoxy) is 1.